The van der Waals surface area contributed by atoms with Crippen LogP contribution >= 0.6 is 0 Å². The molecule has 0 spiro atoms. The lowest BCUT2D eigenvalue weighted by Crippen LogP contribution is -2.46. The van der Waals surface area contributed by atoms with Crippen LogP contribution in [0.1, 0.15) is 40.0 Å². The average molecular weight is 184 g/mol. The van der Waals surface area contributed by atoms with Crippen LogP contribution in [0.2, 0.25) is 0 Å². The van der Waals surface area contributed by atoms with Crippen LogP contribution in [0.25, 0.3) is 0 Å². The molecule has 1 aliphatic rings. The van der Waals surface area contributed by atoms with Crippen molar-refractivity contribution >= 4 is 0 Å². The van der Waals surface area contributed by atoms with Crippen molar-refractivity contribution in [2.45, 2.75) is 52.1 Å². The van der Waals surface area contributed by atoms with Crippen LogP contribution in [0.5, 0.6) is 0 Å². The molecule has 1 saturated heterocycles. The van der Waals surface area contributed by atoms with Crippen molar-refractivity contribution in [2.24, 2.45) is 11.7 Å². The number of rotatable bonds is 3. The number of likely N-dealkylation sites (tertiary alicyclic amines) is 1. The predicted molar refractivity (Wildman–Crippen MR) is 57.7 cm³/mol. The van der Waals surface area contributed by atoms with Crippen LogP contribution in [0.4, 0.5) is 0 Å². The average Bonchev–Trinajstić information content (AvgIpc) is 2.11. The number of hydrogen-bond donors (Lipinski definition) is 1. The molecule has 0 saturated carbocycles. The van der Waals surface area contributed by atoms with Gasteiger partial charge in [0.05, 0.1) is 0 Å². The van der Waals surface area contributed by atoms with E-state index < -0.39 is 0 Å². The van der Waals surface area contributed by atoms with Gasteiger partial charge in [0.1, 0.15) is 0 Å². The Morgan fingerprint density at radius 2 is 2.08 bits per heavy atom. The van der Waals surface area contributed by atoms with E-state index in [9.17, 15) is 0 Å². The van der Waals surface area contributed by atoms with Gasteiger partial charge in [-0.15, -0.1) is 0 Å². The van der Waals surface area contributed by atoms with Crippen LogP contribution in [0, 0.1) is 5.92 Å². The van der Waals surface area contributed by atoms with Crippen LogP contribution in [-0.2, 0) is 0 Å². The van der Waals surface area contributed by atoms with Gasteiger partial charge in [0.25, 0.3) is 0 Å². The molecular weight excluding hydrogens is 160 g/mol. The van der Waals surface area contributed by atoms with Gasteiger partial charge in [-0.2, -0.15) is 0 Å². The number of hydrogen-bond acceptors (Lipinski definition) is 2. The van der Waals surface area contributed by atoms with Crippen LogP contribution < -0.4 is 5.73 Å². The van der Waals surface area contributed by atoms with Crippen molar-refractivity contribution in [1.82, 2.24) is 4.90 Å². The van der Waals surface area contributed by atoms with E-state index in [4.69, 9.17) is 5.73 Å². The molecule has 2 N–H and O–H groups in total. The Labute approximate surface area is 82.5 Å². The van der Waals surface area contributed by atoms with Gasteiger partial charge in [0.15, 0.2) is 0 Å². The maximum absolute atomic E-state index is 5.97. The summed E-state index contributed by atoms with van der Waals surface area (Å²) in [5.74, 6) is 0.861. The molecule has 3 unspecified atom stereocenters. The number of nitrogens with zero attached hydrogens (tertiary/aromatic N) is 1. The molecule has 0 aliphatic carbocycles. The quantitative estimate of drug-likeness (QED) is 0.725. The smallest absolute Gasteiger partial charge is 0.0165 e. The van der Waals surface area contributed by atoms with E-state index in [1.54, 1.807) is 0 Å². The molecule has 1 fully saturated rings. The summed E-state index contributed by atoms with van der Waals surface area (Å²) in [6, 6.07) is 1.11. The van der Waals surface area contributed by atoms with Gasteiger partial charge in [-0.25, -0.2) is 0 Å². The maximum atomic E-state index is 5.97. The molecule has 2 nitrogen and oxygen atoms in total. The highest BCUT2D eigenvalue weighted by molar-refractivity contribution is 4.79. The number of piperidine rings is 1. The maximum Gasteiger partial charge on any atom is 0.0165 e. The largest absolute Gasteiger partial charge is 0.327 e. The minimum absolute atomic E-state index is 0.368. The highest BCUT2D eigenvalue weighted by atomic mass is 15.2. The molecular formula is C11H24N2. The first-order valence-corrected chi connectivity index (χ1v) is 5.63. The summed E-state index contributed by atoms with van der Waals surface area (Å²) in [6.07, 6.45) is 3.83. The fraction of sp³-hybridized carbons (Fsp3) is 1.00. The Balaban J connectivity index is 2.37. The standard InChI is InChI=1S/C11H24N2/c1-4-11(12)8-13-7-9(2)5-6-10(13)3/h9-11H,4-8,12H2,1-3H3. The second-order valence-corrected chi connectivity index (χ2v) is 4.65. The highest BCUT2D eigenvalue weighted by Gasteiger charge is 2.23. The molecule has 1 aliphatic heterocycles. The van der Waals surface area contributed by atoms with Crippen molar-refractivity contribution in [1.29, 1.82) is 0 Å². The molecule has 3 atom stereocenters. The first kappa shape index (κ1) is 11.0. The minimum Gasteiger partial charge on any atom is -0.327 e. The summed E-state index contributed by atoms with van der Waals surface area (Å²) in [4.78, 5) is 2.56. The molecule has 0 radical (unpaired) electrons. The third-order valence-corrected chi connectivity index (χ3v) is 3.24. The van der Waals surface area contributed by atoms with E-state index in [1.807, 2.05) is 0 Å². The minimum atomic E-state index is 0.368. The lowest BCUT2D eigenvalue weighted by Gasteiger charge is -2.38. The molecule has 0 aromatic heterocycles. The first-order chi connectivity index (χ1) is 6.13. The first-order valence-electron chi connectivity index (χ1n) is 5.63. The zero-order valence-corrected chi connectivity index (χ0v) is 9.29. The molecule has 13 heavy (non-hydrogen) atoms. The SMILES string of the molecule is CCC(N)CN1CC(C)CCC1C. The second-order valence-electron chi connectivity index (χ2n) is 4.65. The third-order valence-electron chi connectivity index (χ3n) is 3.24. The van der Waals surface area contributed by atoms with E-state index in [-0.39, 0.29) is 0 Å². The van der Waals surface area contributed by atoms with Gasteiger partial charge < -0.3 is 5.73 Å². The second kappa shape index (κ2) is 4.97. The van der Waals surface area contributed by atoms with Gasteiger partial charge in [0, 0.05) is 25.2 Å². The van der Waals surface area contributed by atoms with Crippen molar-refractivity contribution in [3.8, 4) is 0 Å². The fourth-order valence-corrected chi connectivity index (χ4v) is 2.06. The molecule has 0 bridgehead atoms. The lowest BCUT2D eigenvalue weighted by molar-refractivity contribution is 0.117. The van der Waals surface area contributed by atoms with Crippen LogP contribution in [-0.4, -0.2) is 30.1 Å². The summed E-state index contributed by atoms with van der Waals surface area (Å²) in [5.41, 5.74) is 5.97. The number of nitrogens with two attached hydrogens (primary N) is 1. The third kappa shape index (κ3) is 3.28. The van der Waals surface area contributed by atoms with E-state index in [2.05, 4.69) is 25.7 Å². The Morgan fingerprint density at radius 3 is 2.69 bits per heavy atom. The molecule has 0 aromatic carbocycles. The monoisotopic (exact) mass is 184 g/mol. The van der Waals surface area contributed by atoms with Crippen LogP contribution in [0.15, 0.2) is 0 Å². The fourth-order valence-electron chi connectivity index (χ4n) is 2.06. The molecule has 1 heterocycles. The van der Waals surface area contributed by atoms with Gasteiger partial charge in [-0.1, -0.05) is 13.8 Å². The van der Waals surface area contributed by atoms with Crippen molar-refractivity contribution in [3.05, 3.63) is 0 Å². The molecule has 0 aromatic rings. The van der Waals surface area contributed by atoms with E-state index in [0.29, 0.717) is 6.04 Å². The predicted octanol–water partition coefficient (Wildman–Crippen LogP) is 1.84. The molecule has 2 heteroatoms. The topological polar surface area (TPSA) is 29.3 Å². The Hall–Kier alpha value is -0.0800. The Morgan fingerprint density at radius 1 is 1.38 bits per heavy atom. The van der Waals surface area contributed by atoms with Crippen molar-refractivity contribution in [2.75, 3.05) is 13.1 Å². The summed E-state index contributed by atoms with van der Waals surface area (Å²) < 4.78 is 0. The van der Waals surface area contributed by atoms with Gasteiger partial charge >= 0.3 is 0 Å². The van der Waals surface area contributed by atoms with Crippen molar-refractivity contribution < 1.29 is 0 Å². The van der Waals surface area contributed by atoms with E-state index in [0.717, 1.165) is 24.9 Å². The molecule has 0 amide bonds. The summed E-state index contributed by atoms with van der Waals surface area (Å²) in [6.45, 7) is 9.17. The lowest BCUT2D eigenvalue weighted by atomic mass is 9.94. The summed E-state index contributed by atoms with van der Waals surface area (Å²) >= 11 is 0. The van der Waals surface area contributed by atoms with Gasteiger partial charge in [0.2, 0.25) is 0 Å². The Bertz CT molecular complexity index is 147. The Kier molecular flexibility index (Phi) is 4.20. The van der Waals surface area contributed by atoms with E-state index in [1.165, 1.54) is 19.4 Å². The van der Waals surface area contributed by atoms with Crippen molar-refractivity contribution in [3.63, 3.8) is 0 Å². The normalized spacial score (nSPS) is 33.2. The molecule has 1 rings (SSSR count). The van der Waals surface area contributed by atoms with Gasteiger partial charge in [-0.3, -0.25) is 4.90 Å². The molecule has 78 valence electrons. The zero-order valence-electron chi connectivity index (χ0n) is 9.29. The summed E-state index contributed by atoms with van der Waals surface area (Å²) in [5, 5.41) is 0. The van der Waals surface area contributed by atoms with Crippen LogP contribution in [0.3, 0.4) is 0 Å². The van der Waals surface area contributed by atoms with E-state index >= 15 is 0 Å². The zero-order chi connectivity index (χ0) is 9.84. The van der Waals surface area contributed by atoms with Gasteiger partial charge in [-0.05, 0) is 32.1 Å². The highest BCUT2D eigenvalue weighted by Crippen LogP contribution is 2.21. The summed E-state index contributed by atoms with van der Waals surface area (Å²) in [7, 11) is 0.